The Balaban J connectivity index is 2.73. The molecule has 0 fully saturated rings. The van der Waals surface area contributed by atoms with E-state index in [2.05, 4.69) is 4.72 Å². The van der Waals surface area contributed by atoms with Crippen LogP contribution in [0.15, 0.2) is 24.3 Å². The van der Waals surface area contributed by atoms with E-state index < -0.39 is 10.0 Å². The van der Waals surface area contributed by atoms with E-state index in [1.807, 2.05) is 12.1 Å². The molecule has 0 amide bonds. The van der Waals surface area contributed by atoms with Crippen LogP contribution in [0, 0.1) is 0 Å². The van der Waals surface area contributed by atoms with E-state index in [4.69, 9.17) is 5.73 Å². The van der Waals surface area contributed by atoms with Crippen LogP contribution >= 0.6 is 0 Å². The number of sulfonamides is 1. The lowest BCUT2D eigenvalue weighted by molar-refractivity contribution is 0.602. The Morgan fingerprint density at radius 3 is 2.33 bits per heavy atom. The first-order chi connectivity index (χ1) is 7.07. The second-order valence-electron chi connectivity index (χ2n) is 3.24. The number of nitrogens with one attached hydrogen (secondary N) is 1. The molecule has 0 atom stereocenters. The van der Waals surface area contributed by atoms with E-state index in [1.54, 1.807) is 19.1 Å². The fourth-order valence-corrected chi connectivity index (χ4v) is 1.80. The molecule has 84 valence electrons. The van der Waals surface area contributed by atoms with Gasteiger partial charge in [0.25, 0.3) is 0 Å². The van der Waals surface area contributed by atoms with Crippen molar-refractivity contribution < 1.29 is 8.42 Å². The lowest BCUT2D eigenvalue weighted by Gasteiger charge is -2.06. The molecule has 4 nitrogen and oxygen atoms in total. The Bertz CT molecular complexity index is 398. The summed E-state index contributed by atoms with van der Waals surface area (Å²) in [5.41, 5.74) is 7.11. The third-order valence-electron chi connectivity index (χ3n) is 2.04. The Morgan fingerprint density at radius 1 is 1.27 bits per heavy atom. The summed E-state index contributed by atoms with van der Waals surface area (Å²) in [4.78, 5) is 0. The van der Waals surface area contributed by atoms with Crippen molar-refractivity contribution in [2.24, 2.45) is 5.73 Å². The SMILES string of the molecule is CCS(=O)(=O)Nc1ccc(CCN)cc1. The fraction of sp³-hybridized carbons (Fsp3) is 0.400. The molecule has 0 unspecified atom stereocenters. The third-order valence-corrected chi connectivity index (χ3v) is 3.35. The minimum absolute atomic E-state index is 0.0809. The zero-order chi connectivity index (χ0) is 11.3. The van der Waals surface area contributed by atoms with Crippen LogP contribution in [0.4, 0.5) is 5.69 Å². The summed E-state index contributed by atoms with van der Waals surface area (Å²) in [6.45, 7) is 2.20. The molecule has 5 heteroatoms. The topological polar surface area (TPSA) is 72.2 Å². The van der Waals surface area contributed by atoms with Gasteiger partial charge in [-0.15, -0.1) is 0 Å². The molecule has 0 radical (unpaired) electrons. The summed E-state index contributed by atoms with van der Waals surface area (Å²) >= 11 is 0. The second kappa shape index (κ2) is 5.14. The molecule has 15 heavy (non-hydrogen) atoms. The highest BCUT2D eigenvalue weighted by molar-refractivity contribution is 7.92. The first-order valence-corrected chi connectivity index (χ1v) is 6.52. The number of rotatable bonds is 5. The van der Waals surface area contributed by atoms with Gasteiger partial charge in [0.1, 0.15) is 0 Å². The Morgan fingerprint density at radius 2 is 1.87 bits per heavy atom. The predicted molar refractivity (Wildman–Crippen MR) is 62.3 cm³/mol. The van der Waals surface area contributed by atoms with E-state index in [1.165, 1.54) is 0 Å². The van der Waals surface area contributed by atoms with Gasteiger partial charge >= 0.3 is 0 Å². The summed E-state index contributed by atoms with van der Waals surface area (Å²) in [6.07, 6.45) is 0.806. The normalized spacial score (nSPS) is 11.3. The Labute approximate surface area is 90.5 Å². The monoisotopic (exact) mass is 228 g/mol. The van der Waals surface area contributed by atoms with Crippen molar-refractivity contribution in [1.29, 1.82) is 0 Å². The van der Waals surface area contributed by atoms with E-state index in [0.29, 0.717) is 12.2 Å². The standard InChI is InChI=1S/C10H16N2O2S/c1-2-15(13,14)12-10-5-3-9(4-6-10)7-8-11/h3-6,12H,2,7-8,11H2,1H3. The van der Waals surface area contributed by atoms with Crippen LogP contribution in [0.2, 0.25) is 0 Å². The smallest absolute Gasteiger partial charge is 0.232 e. The fourth-order valence-electron chi connectivity index (χ4n) is 1.16. The molecule has 0 spiro atoms. The highest BCUT2D eigenvalue weighted by atomic mass is 32.2. The average Bonchev–Trinajstić information content (AvgIpc) is 2.21. The molecule has 0 saturated carbocycles. The molecule has 0 saturated heterocycles. The number of hydrogen-bond acceptors (Lipinski definition) is 3. The van der Waals surface area contributed by atoms with E-state index in [9.17, 15) is 8.42 Å². The van der Waals surface area contributed by atoms with Crippen LogP contribution < -0.4 is 10.5 Å². The van der Waals surface area contributed by atoms with Gasteiger partial charge in [-0.05, 0) is 37.6 Å². The molecule has 1 aromatic carbocycles. The molecule has 0 heterocycles. The summed E-state index contributed by atoms with van der Waals surface area (Å²) in [6, 6.07) is 7.25. The van der Waals surface area contributed by atoms with Crippen molar-refractivity contribution in [3.8, 4) is 0 Å². The minimum Gasteiger partial charge on any atom is -0.330 e. The molecular weight excluding hydrogens is 212 g/mol. The zero-order valence-electron chi connectivity index (χ0n) is 8.73. The molecule has 0 aliphatic carbocycles. The Kier molecular flexibility index (Phi) is 4.11. The number of hydrogen-bond donors (Lipinski definition) is 2. The minimum atomic E-state index is -3.17. The van der Waals surface area contributed by atoms with E-state index in [-0.39, 0.29) is 5.75 Å². The van der Waals surface area contributed by atoms with Crippen LogP contribution in [-0.4, -0.2) is 20.7 Å². The van der Waals surface area contributed by atoms with Gasteiger partial charge in [0.05, 0.1) is 5.75 Å². The first kappa shape index (κ1) is 12.0. The van der Waals surface area contributed by atoms with Crippen molar-refractivity contribution in [3.63, 3.8) is 0 Å². The zero-order valence-corrected chi connectivity index (χ0v) is 9.55. The quantitative estimate of drug-likeness (QED) is 0.788. The van der Waals surface area contributed by atoms with E-state index in [0.717, 1.165) is 12.0 Å². The maximum absolute atomic E-state index is 11.2. The summed E-state index contributed by atoms with van der Waals surface area (Å²) < 4.78 is 25.0. The highest BCUT2D eigenvalue weighted by Crippen LogP contribution is 2.11. The molecule has 1 rings (SSSR count). The average molecular weight is 228 g/mol. The van der Waals surface area contributed by atoms with Gasteiger partial charge in [-0.2, -0.15) is 0 Å². The van der Waals surface area contributed by atoms with Gasteiger partial charge in [-0.25, -0.2) is 8.42 Å². The van der Waals surface area contributed by atoms with Gasteiger partial charge in [0.2, 0.25) is 10.0 Å². The van der Waals surface area contributed by atoms with Crippen LogP contribution in [-0.2, 0) is 16.4 Å². The Hall–Kier alpha value is -1.07. The van der Waals surface area contributed by atoms with Gasteiger partial charge in [-0.3, -0.25) is 4.72 Å². The molecule has 3 N–H and O–H groups in total. The van der Waals surface area contributed by atoms with E-state index >= 15 is 0 Å². The number of benzene rings is 1. The van der Waals surface area contributed by atoms with Gasteiger partial charge in [-0.1, -0.05) is 12.1 Å². The van der Waals surface area contributed by atoms with Crippen molar-refractivity contribution in [1.82, 2.24) is 0 Å². The van der Waals surface area contributed by atoms with Crippen LogP contribution in [0.1, 0.15) is 12.5 Å². The summed E-state index contributed by atoms with van der Waals surface area (Å²) in [5, 5.41) is 0. The van der Waals surface area contributed by atoms with Gasteiger partial charge in [0, 0.05) is 5.69 Å². The third kappa shape index (κ3) is 3.89. The lowest BCUT2D eigenvalue weighted by atomic mass is 10.1. The van der Waals surface area contributed by atoms with Crippen molar-refractivity contribution in [3.05, 3.63) is 29.8 Å². The second-order valence-corrected chi connectivity index (χ2v) is 5.25. The highest BCUT2D eigenvalue weighted by Gasteiger charge is 2.05. The number of nitrogens with two attached hydrogens (primary N) is 1. The van der Waals surface area contributed by atoms with Crippen molar-refractivity contribution in [2.75, 3.05) is 17.0 Å². The molecular formula is C10H16N2O2S. The predicted octanol–water partition coefficient (Wildman–Crippen LogP) is 0.949. The maximum Gasteiger partial charge on any atom is 0.232 e. The molecule has 0 aromatic heterocycles. The van der Waals surface area contributed by atoms with Crippen LogP contribution in [0.3, 0.4) is 0 Å². The van der Waals surface area contributed by atoms with Gasteiger partial charge < -0.3 is 5.73 Å². The maximum atomic E-state index is 11.2. The van der Waals surface area contributed by atoms with Crippen LogP contribution in [0.5, 0.6) is 0 Å². The summed E-state index contributed by atoms with van der Waals surface area (Å²) in [7, 11) is -3.17. The molecule has 0 bridgehead atoms. The summed E-state index contributed by atoms with van der Waals surface area (Å²) in [5.74, 6) is 0.0809. The largest absolute Gasteiger partial charge is 0.330 e. The molecule has 0 aliphatic heterocycles. The van der Waals surface area contributed by atoms with Crippen LogP contribution in [0.25, 0.3) is 0 Å². The number of anilines is 1. The van der Waals surface area contributed by atoms with Crippen molar-refractivity contribution in [2.45, 2.75) is 13.3 Å². The first-order valence-electron chi connectivity index (χ1n) is 4.87. The molecule has 1 aromatic rings. The van der Waals surface area contributed by atoms with Crippen molar-refractivity contribution >= 4 is 15.7 Å². The van der Waals surface area contributed by atoms with Gasteiger partial charge in [0.15, 0.2) is 0 Å². The molecule has 0 aliphatic rings. The lowest BCUT2D eigenvalue weighted by Crippen LogP contribution is -2.14.